The lowest BCUT2D eigenvalue weighted by molar-refractivity contribution is 1.12. The Balaban J connectivity index is 0.000000606. The van der Waals surface area contributed by atoms with E-state index >= 15 is 0 Å². The molecule has 0 amide bonds. The zero-order chi connectivity index (χ0) is 12.1. The van der Waals surface area contributed by atoms with Gasteiger partial charge in [-0.3, -0.25) is 5.10 Å². The number of hydrogen-bond acceptors (Lipinski definition) is 1. The molecule has 1 aromatic heterocycles. The largest absolute Gasteiger partial charge is 0.278 e. The van der Waals surface area contributed by atoms with Crippen LogP contribution in [-0.4, -0.2) is 10.2 Å². The molecule has 0 radical (unpaired) electrons. The molecule has 0 bridgehead atoms. The maximum Gasteiger partial charge on any atom is 0.0668 e. The van der Waals surface area contributed by atoms with Crippen LogP contribution in [-0.2, 0) is 0 Å². The van der Waals surface area contributed by atoms with Crippen molar-refractivity contribution in [2.75, 3.05) is 0 Å². The Morgan fingerprint density at radius 3 is 2.69 bits per heavy atom. The number of halogens is 1. The van der Waals surface area contributed by atoms with Crippen molar-refractivity contribution in [2.24, 2.45) is 0 Å². The lowest BCUT2D eigenvalue weighted by atomic mass is 10.0. The van der Waals surface area contributed by atoms with E-state index in [-0.39, 0.29) is 0 Å². The molecule has 3 heteroatoms. The van der Waals surface area contributed by atoms with Gasteiger partial charge >= 0.3 is 0 Å². The minimum Gasteiger partial charge on any atom is -0.278 e. The molecule has 2 rings (SSSR count). The van der Waals surface area contributed by atoms with Gasteiger partial charge in [0.2, 0.25) is 0 Å². The Labute approximate surface area is 101 Å². The third kappa shape index (κ3) is 2.27. The molecule has 1 heterocycles. The molecule has 2 nitrogen and oxygen atoms in total. The van der Waals surface area contributed by atoms with Crippen molar-refractivity contribution in [1.82, 2.24) is 10.2 Å². The SMILES string of the molecule is C/C=C\c1c(Cl)cc2[nH]ncc2c1C.CC. The lowest BCUT2D eigenvalue weighted by Gasteiger charge is -2.04. The van der Waals surface area contributed by atoms with Gasteiger partial charge in [-0.15, -0.1) is 0 Å². The van der Waals surface area contributed by atoms with Crippen LogP contribution in [0.4, 0.5) is 0 Å². The summed E-state index contributed by atoms with van der Waals surface area (Å²) in [5, 5.41) is 8.80. The second-order valence-electron chi connectivity index (χ2n) is 3.23. The monoisotopic (exact) mass is 236 g/mol. The van der Waals surface area contributed by atoms with Crippen molar-refractivity contribution < 1.29 is 0 Å². The Morgan fingerprint density at radius 2 is 2.06 bits per heavy atom. The van der Waals surface area contributed by atoms with Gasteiger partial charge in [0, 0.05) is 5.39 Å². The lowest BCUT2D eigenvalue weighted by Crippen LogP contribution is -1.84. The van der Waals surface area contributed by atoms with Crippen molar-refractivity contribution in [3.63, 3.8) is 0 Å². The van der Waals surface area contributed by atoms with Gasteiger partial charge in [-0.25, -0.2) is 0 Å². The maximum absolute atomic E-state index is 6.15. The number of benzene rings is 1. The van der Waals surface area contributed by atoms with Crippen molar-refractivity contribution in [3.8, 4) is 0 Å². The first-order valence-electron chi connectivity index (χ1n) is 5.49. The molecule has 0 saturated heterocycles. The second kappa shape index (κ2) is 5.71. The first-order chi connectivity index (χ1) is 7.74. The first-order valence-corrected chi connectivity index (χ1v) is 5.86. The topological polar surface area (TPSA) is 28.7 Å². The molecular formula is C13H17ClN2. The highest BCUT2D eigenvalue weighted by Gasteiger charge is 2.07. The van der Waals surface area contributed by atoms with E-state index in [9.17, 15) is 0 Å². The number of nitrogens with zero attached hydrogens (tertiary/aromatic N) is 1. The Morgan fingerprint density at radius 1 is 1.38 bits per heavy atom. The van der Waals surface area contributed by atoms with Gasteiger partial charge in [0.05, 0.1) is 16.7 Å². The number of rotatable bonds is 1. The minimum atomic E-state index is 0.761. The van der Waals surface area contributed by atoms with Crippen LogP contribution >= 0.6 is 11.6 Å². The van der Waals surface area contributed by atoms with Crippen LogP contribution in [0, 0.1) is 6.92 Å². The van der Waals surface area contributed by atoms with E-state index in [0.29, 0.717) is 0 Å². The highest BCUT2D eigenvalue weighted by atomic mass is 35.5. The summed E-state index contributed by atoms with van der Waals surface area (Å²) in [6.07, 6.45) is 5.83. The summed E-state index contributed by atoms with van der Waals surface area (Å²) in [5.41, 5.74) is 3.23. The number of fused-ring (bicyclic) bond motifs is 1. The van der Waals surface area contributed by atoms with Crippen molar-refractivity contribution in [3.05, 3.63) is 34.5 Å². The van der Waals surface area contributed by atoms with Crippen LogP contribution in [0.25, 0.3) is 17.0 Å². The summed E-state index contributed by atoms with van der Waals surface area (Å²) in [5.74, 6) is 0. The standard InChI is InChI=1S/C11H11ClN2.C2H6/c1-3-4-8-7(2)9-6-13-14-11(9)5-10(8)12;1-2/h3-6H,1-2H3,(H,13,14);1-2H3/b4-3-;. The third-order valence-corrected chi connectivity index (χ3v) is 2.65. The normalized spacial score (nSPS) is 10.6. The smallest absolute Gasteiger partial charge is 0.0668 e. The van der Waals surface area contributed by atoms with Crippen molar-refractivity contribution in [2.45, 2.75) is 27.7 Å². The molecule has 0 saturated carbocycles. The maximum atomic E-state index is 6.15. The molecule has 0 spiro atoms. The minimum absolute atomic E-state index is 0.761. The molecule has 0 aliphatic heterocycles. The van der Waals surface area contributed by atoms with Crippen LogP contribution in [0.3, 0.4) is 0 Å². The Kier molecular flexibility index (Phi) is 4.56. The van der Waals surface area contributed by atoms with Gasteiger partial charge in [-0.1, -0.05) is 37.6 Å². The molecule has 0 unspecified atom stereocenters. The van der Waals surface area contributed by atoms with E-state index < -0.39 is 0 Å². The summed E-state index contributed by atoms with van der Waals surface area (Å²) < 4.78 is 0. The molecule has 1 N–H and O–H groups in total. The Bertz CT molecular complexity index is 498. The molecule has 0 fully saturated rings. The van der Waals surface area contributed by atoms with Crippen LogP contribution < -0.4 is 0 Å². The summed E-state index contributed by atoms with van der Waals surface area (Å²) in [4.78, 5) is 0. The fourth-order valence-electron chi connectivity index (χ4n) is 1.60. The average molecular weight is 237 g/mol. The summed E-state index contributed by atoms with van der Waals surface area (Å²) >= 11 is 6.15. The van der Waals surface area contributed by atoms with E-state index in [0.717, 1.165) is 21.5 Å². The van der Waals surface area contributed by atoms with Crippen LogP contribution in [0.15, 0.2) is 18.3 Å². The first kappa shape index (κ1) is 12.8. The second-order valence-corrected chi connectivity index (χ2v) is 3.64. The quantitative estimate of drug-likeness (QED) is 0.771. The van der Waals surface area contributed by atoms with E-state index in [1.165, 1.54) is 5.56 Å². The molecule has 2 aromatic rings. The molecule has 0 atom stereocenters. The molecule has 0 aliphatic rings. The van der Waals surface area contributed by atoms with E-state index in [2.05, 4.69) is 17.1 Å². The number of allylic oxidation sites excluding steroid dienone is 1. The third-order valence-electron chi connectivity index (χ3n) is 2.34. The molecule has 86 valence electrons. The molecule has 0 aliphatic carbocycles. The van der Waals surface area contributed by atoms with Crippen LogP contribution in [0.1, 0.15) is 31.9 Å². The van der Waals surface area contributed by atoms with E-state index in [1.807, 2.05) is 45.2 Å². The van der Waals surface area contributed by atoms with Gasteiger partial charge in [-0.05, 0) is 31.0 Å². The van der Waals surface area contributed by atoms with Crippen molar-refractivity contribution >= 4 is 28.6 Å². The summed E-state index contributed by atoms with van der Waals surface area (Å²) in [6, 6.07) is 1.91. The highest BCUT2D eigenvalue weighted by molar-refractivity contribution is 6.33. The number of nitrogens with one attached hydrogen (secondary N) is 1. The highest BCUT2D eigenvalue weighted by Crippen LogP contribution is 2.28. The number of aromatic amines is 1. The van der Waals surface area contributed by atoms with Gasteiger partial charge in [0.15, 0.2) is 0 Å². The average Bonchev–Trinajstić information content (AvgIpc) is 2.75. The molecule has 1 aromatic carbocycles. The van der Waals surface area contributed by atoms with Crippen LogP contribution in [0.2, 0.25) is 5.02 Å². The zero-order valence-electron chi connectivity index (χ0n) is 10.1. The molecular weight excluding hydrogens is 220 g/mol. The van der Waals surface area contributed by atoms with Crippen LogP contribution in [0.5, 0.6) is 0 Å². The number of aromatic nitrogens is 2. The number of H-pyrrole nitrogens is 1. The van der Waals surface area contributed by atoms with Gasteiger partial charge in [0.25, 0.3) is 0 Å². The fraction of sp³-hybridized carbons (Fsp3) is 0.308. The van der Waals surface area contributed by atoms with Crippen molar-refractivity contribution in [1.29, 1.82) is 0 Å². The Hall–Kier alpha value is -1.28. The predicted molar refractivity (Wildman–Crippen MR) is 71.9 cm³/mol. The van der Waals surface area contributed by atoms with E-state index in [1.54, 1.807) is 0 Å². The number of aryl methyl sites for hydroxylation is 1. The van der Waals surface area contributed by atoms with E-state index in [4.69, 9.17) is 11.6 Å². The summed E-state index contributed by atoms with van der Waals surface area (Å²) in [7, 11) is 0. The summed E-state index contributed by atoms with van der Waals surface area (Å²) in [6.45, 7) is 8.04. The van der Waals surface area contributed by atoms with Gasteiger partial charge in [0.1, 0.15) is 0 Å². The predicted octanol–water partition coefficient (Wildman–Crippen LogP) is 4.58. The zero-order valence-corrected chi connectivity index (χ0v) is 10.9. The molecule has 16 heavy (non-hydrogen) atoms. The van der Waals surface area contributed by atoms with Gasteiger partial charge < -0.3 is 0 Å². The number of hydrogen-bond donors (Lipinski definition) is 1. The fourth-order valence-corrected chi connectivity index (χ4v) is 1.92. The van der Waals surface area contributed by atoms with Gasteiger partial charge in [-0.2, -0.15) is 5.10 Å².